The molecule has 0 aromatic heterocycles. The number of aliphatic hydroxyl groups is 1. The molecule has 0 aromatic rings. The first-order chi connectivity index (χ1) is 7.87. The van der Waals surface area contributed by atoms with E-state index < -0.39 is 5.97 Å². The molecular weight excluding hydrogens is 218 g/mol. The number of carbonyl (C=O) groups is 1. The van der Waals surface area contributed by atoms with E-state index in [9.17, 15) is 15.0 Å². The summed E-state index contributed by atoms with van der Waals surface area (Å²) in [6.45, 7) is 3.28. The van der Waals surface area contributed by atoms with Crippen LogP contribution in [0.3, 0.4) is 0 Å². The molecule has 0 saturated carbocycles. The molecule has 17 heavy (non-hydrogen) atoms. The van der Waals surface area contributed by atoms with Crippen LogP contribution < -0.4 is 5.11 Å². The van der Waals surface area contributed by atoms with Crippen LogP contribution in [0, 0.1) is 0 Å². The van der Waals surface area contributed by atoms with E-state index in [1.165, 1.54) is 19.3 Å². The molecule has 0 fully saturated rings. The van der Waals surface area contributed by atoms with Gasteiger partial charge in [-0.15, -0.1) is 0 Å². The summed E-state index contributed by atoms with van der Waals surface area (Å²) in [7, 11) is 3.89. The van der Waals surface area contributed by atoms with E-state index in [4.69, 9.17) is 0 Å². The van der Waals surface area contributed by atoms with Gasteiger partial charge >= 0.3 is 0 Å². The van der Waals surface area contributed by atoms with E-state index in [1.54, 1.807) is 0 Å². The lowest BCUT2D eigenvalue weighted by Crippen LogP contribution is -2.47. The molecular formula is C13H27NO3. The number of carbonyl (C=O) groups excluding carboxylic acids is 1. The Morgan fingerprint density at radius 3 is 2.47 bits per heavy atom. The zero-order chi connectivity index (χ0) is 13.3. The Balaban J connectivity index is 3.75. The molecule has 1 unspecified atom stereocenters. The number of hydrogen-bond acceptors (Lipinski definition) is 3. The number of carboxylic acids is 1. The Morgan fingerprint density at radius 2 is 1.94 bits per heavy atom. The van der Waals surface area contributed by atoms with Crippen LogP contribution in [-0.4, -0.2) is 48.8 Å². The van der Waals surface area contributed by atoms with E-state index >= 15 is 0 Å². The highest BCUT2D eigenvalue weighted by molar-refractivity contribution is 5.64. The van der Waals surface area contributed by atoms with Crippen LogP contribution in [0.25, 0.3) is 0 Å². The molecule has 4 nitrogen and oxygen atoms in total. The highest BCUT2D eigenvalue weighted by Gasteiger charge is 2.19. The number of rotatable bonds is 10. The van der Waals surface area contributed by atoms with Crippen molar-refractivity contribution in [3.05, 3.63) is 0 Å². The van der Waals surface area contributed by atoms with Crippen molar-refractivity contribution >= 4 is 5.97 Å². The normalized spacial score (nSPS) is 13.6. The Labute approximate surface area is 105 Å². The molecule has 0 spiro atoms. The van der Waals surface area contributed by atoms with Crippen molar-refractivity contribution < 1.29 is 19.5 Å². The summed E-state index contributed by atoms with van der Waals surface area (Å²) in [5.74, 6) is -1.02. The van der Waals surface area contributed by atoms with Gasteiger partial charge in [0.15, 0.2) is 0 Å². The largest absolute Gasteiger partial charge is 0.550 e. The van der Waals surface area contributed by atoms with Crippen LogP contribution in [0.15, 0.2) is 0 Å². The summed E-state index contributed by atoms with van der Waals surface area (Å²) < 4.78 is 0.531. The number of likely N-dealkylation sites (N-methyl/N-ethyl adjacent to an activating group) is 1. The van der Waals surface area contributed by atoms with Crippen molar-refractivity contribution in [3.8, 4) is 0 Å². The molecule has 0 radical (unpaired) electrons. The van der Waals surface area contributed by atoms with Gasteiger partial charge in [-0.3, -0.25) is 0 Å². The molecule has 0 heterocycles. The molecule has 0 aliphatic heterocycles. The first-order valence-electron chi connectivity index (χ1n) is 6.57. The van der Waals surface area contributed by atoms with Gasteiger partial charge in [0.1, 0.15) is 12.6 Å². The van der Waals surface area contributed by atoms with Gasteiger partial charge in [-0.05, 0) is 6.42 Å². The molecule has 1 atom stereocenters. The summed E-state index contributed by atoms with van der Waals surface area (Å²) in [4.78, 5) is 10.4. The summed E-state index contributed by atoms with van der Waals surface area (Å²) >= 11 is 0. The SMILES string of the molecule is CCCCCCC(O)C[N+](C)(C)CCC(=O)[O-]. The predicted molar refractivity (Wildman–Crippen MR) is 66.2 cm³/mol. The maximum Gasteiger partial charge on any atom is 0.105 e. The van der Waals surface area contributed by atoms with E-state index in [0.29, 0.717) is 17.6 Å². The Bertz CT molecular complexity index is 217. The number of hydrogen-bond donors (Lipinski definition) is 1. The van der Waals surface area contributed by atoms with Crippen LogP contribution in [0.5, 0.6) is 0 Å². The second-order valence-corrected chi connectivity index (χ2v) is 5.47. The lowest BCUT2D eigenvalue weighted by molar-refractivity contribution is -0.893. The molecule has 0 amide bonds. The van der Waals surface area contributed by atoms with Crippen molar-refractivity contribution in [2.75, 3.05) is 27.2 Å². The lowest BCUT2D eigenvalue weighted by atomic mass is 10.1. The smallest absolute Gasteiger partial charge is 0.105 e. The zero-order valence-electron chi connectivity index (χ0n) is 11.4. The van der Waals surface area contributed by atoms with Crippen LogP contribution in [-0.2, 0) is 4.79 Å². The van der Waals surface area contributed by atoms with Crippen LogP contribution in [0.2, 0.25) is 0 Å². The number of nitrogens with zero attached hydrogens (tertiary/aromatic N) is 1. The van der Waals surface area contributed by atoms with Gasteiger partial charge in [0.25, 0.3) is 0 Å². The van der Waals surface area contributed by atoms with Gasteiger partial charge < -0.3 is 19.5 Å². The van der Waals surface area contributed by atoms with Gasteiger partial charge in [-0.25, -0.2) is 0 Å². The average molecular weight is 245 g/mol. The van der Waals surface area contributed by atoms with Crippen molar-refractivity contribution in [2.45, 2.75) is 51.6 Å². The first kappa shape index (κ1) is 16.4. The van der Waals surface area contributed by atoms with Crippen molar-refractivity contribution in [1.29, 1.82) is 0 Å². The number of unbranched alkanes of at least 4 members (excludes halogenated alkanes) is 3. The molecule has 102 valence electrons. The summed E-state index contributed by atoms with van der Waals surface area (Å²) in [5, 5.41) is 20.3. The minimum Gasteiger partial charge on any atom is -0.550 e. The molecule has 1 N–H and O–H groups in total. The molecule has 0 aromatic carbocycles. The van der Waals surface area contributed by atoms with E-state index in [2.05, 4.69) is 6.92 Å². The molecule has 0 rings (SSSR count). The summed E-state index contributed by atoms with van der Waals surface area (Å²) in [6, 6.07) is 0. The van der Waals surface area contributed by atoms with Crippen LogP contribution in [0.4, 0.5) is 0 Å². The highest BCUT2D eigenvalue weighted by Crippen LogP contribution is 2.09. The Hall–Kier alpha value is -0.610. The maximum absolute atomic E-state index is 10.4. The first-order valence-corrected chi connectivity index (χ1v) is 6.57. The number of carboxylic acid groups (broad SMARTS) is 1. The van der Waals surface area contributed by atoms with Gasteiger partial charge in [0.05, 0.1) is 20.6 Å². The second-order valence-electron chi connectivity index (χ2n) is 5.47. The van der Waals surface area contributed by atoms with E-state index in [0.717, 1.165) is 12.8 Å². The molecule has 0 aliphatic rings. The highest BCUT2D eigenvalue weighted by atomic mass is 16.4. The summed E-state index contributed by atoms with van der Waals surface area (Å²) in [5.41, 5.74) is 0. The third-order valence-corrected chi connectivity index (χ3v) is 3.02. The molecule has 4 heteroatoms. The molecule has 0 saturated heterocycles. The Morgan fingerprint density at radius 1 is 1.29 bits per heavy atom. The van der Waals surface area contributed by atoms with Crippen molar-refractivity contribution in [2.24, 2.45) is 0 Å². The second kappa shape index (κ2) is 8.48. The maximum atomic E-state index is 10.4. The minimum atomic E-state index is -1.02. The fourth-order valence-electron chi connectivity index (χ4n) is 1.95. The fourth-order valence-corrected chi connectivity index (χ4v) is 1.95. The zero-order valence-corrected chi connectivity index (χ0v) is 11.4. The van der Waals surface area contributed by atoms with Gasteiger partial charge in [-0.2, -0.15) is 0 Å². The van der Waals surface area contributed by atoms with Crippen molar-refractivity contribution in [1.82, 2.24) is 0 Å². The fraction of sp³-hybridized carbons (Fsp3) is 0.923. The molecule has 0 bridgehead atoms. The third kappa shape index (κ3) is 10.3. The number of quaternary nitrogens is 1. The molecule has 0 aliphatic carbocycles. The topological polar surface area (TPSA) is 60.4 Å². The van der Waals surface area contributed by atoms with Crippen LogP contribution >= 0.6 is 0 Å². The minimum absolute atomic E-state index is 0.0511. The van der Waals surface area contributed by atoms with Gasteiger partial charge in [-0.1, -0.05) is 32.6 Å². The van der Waals surface area contributed by atoms with Gasteiger partial charge in [0.2, 0.25) is 0 Å². The van der Waals surface area contributed by atoms with Crippen molar-refractivity contribution in [3.63, 3.8) is 0 Å². The average Bonchev–Trinajstić information content (AvgIpc) is 2.21. The predicted octanol–water partition coefficient (Wildman–Crippen LogP) is 0.534. The lowest BCUT2D eigenvalue weighted by Gasteiger charge is -2.32. The quantitative estimate of drug-likeness (QED) is 0.451. The number of aliphatic carboxylic acids is 1. The third-order valence-electron chi connectivity index (χ3n) is 3.02. The van der Waals surface area contributed by atoms with Crippen LogP contribution in [0.1, 0.15) is 45.4 Å². The Kier molecular flexibility index (Phi) is 8.17. The van der Waals surface area contributed by atoms with Gasteiger partial charge in [0, 0.05) is 12.4 Å². The monoisotopic (exact) mass is 245 g/mol. The summed E-state index contributed by atoms with van der Waals surface area (Å²) in [6.07, 6.45) is 5.17. The number of aliphatic hydroxyl groups excluding tert-OH is 1. The van der Waals surface area contributed by atoms with E-state index in [1.807, 2.05) is 14.1 Å². The van der Waals surface area contributed by atoms with E-state index in [-0.39, 0.29) is 12.5 Å². The standard InChI is InChI=1S/C13H27NO3/c1-4-5-6-7-8-12(15)11-14(2,3)10-9-13(16)17/h12,15H,4-11H2,1-3H3.